The van der Waals surface area contributed by atoms with Gasteiger partial charge in [-0.25, -0.2) is 4.79 Å². The second-order valence-electron chi connectivity index (χ2n) is 11.0. The summed E-state index contributed by atoms with van der Waals surface area (Å²) in [6.45, 7) is 4.44. The lowest BCUT2D eigenvalue weighted by molar-refractivity contribution is -0.146. The molecule has 16 nitrogen and oxygen atoms in total. The number of rotatable bonds is 14. The first-order valence-corrected chi connectivity index (χ1v) is 14.0. The van der Waals surface area contributed by atoms with Crippen molar-refractivity contribution < 1.29 is 48.9 Å². The number of carbonyl (C=O) groups excluding carboxylic acids is 5. The van der Waals surface area contributed by atoms with E-state index in [-0.39, 0.29) is 31.8 Å². The molecule has 0 aliphatic carbocycles. The van der Waals surface area contributed by atoms with E-state index in [0.29, 0.717) is 19.3 Å². The third-order valence-electron chi connectivity index (χ3n) is 7.43. The summed E-state index contributed by atoms with van der Waals surface area (Å²) < 4.78 is 0. The first kappa shape index (κ1) is 34.4. The topological polar surface area (TPSA) is 249 Å². The van der Waals surface area contributed by atoms with Crippen LogP contribution in [0.1, 0.15) is 59.3 Å². The Morgan fingerprint density at radius 3 is 1.83 bits per heavy atom. The minimum Gasteiger partial charge on any atom is -0.481 e. The number of amides is 5. The van der Waals surface area contributed by atoms with E-state index < -0.39 is 90.8 Å². The molecule has 0 aromatic heterocycles. The third-order valence-corrected chi connectivity index (χ3v) is 7.43. The molecule has 6 atom stereocenters. The van der Waals surface area contributed by atoms with Crippen molar-refractivity contribution in [1.82, 2.24) is 25.8 Å². The number of aliphatic carboxylic acids is 2. The van der Waals surface area contributed by atoms with E-state index in [9.17, 15) is 38.7 Å². The van der Waals surface area contributed by atoms with Gasteiger partial charge in [0.1, 0.15) is 36.3 Å². The summed E-state index contributed by atoms with van der Waals surface area (Å²) in [7, 11) is 0. The lowest BCUT2D eigenvalue weighted by Gasteiger charge is -2.31. The van der Waals surface area contributed by atoms with E-state index >= 15 is 0 Å². The molecule has 2 fully saturated rings. The van der Waals surface area contributed by atoms with Crippen LogP contribution in [0.4, 0.5) is 0 Å². The van der Waals surface area contributed by atoms with Crippen LogP contribution in [0.2, 0.25) is 0 Å². The van der Waals surface area contributed by atoms with E-state index in [1.165, 1.54) is 16.7 Å². The second kappa shape index (κ2) is 15.4. The van der Waals surface area contributed by atoms with Crippen molar-refractivity contribution in [2.24, 2.45) is 11.7 Å². The van der Waals surface area contributed by atoms with Crippen molar-refractivity contribution in [1.29, 1.82) is 0 Å². The molecule has 0 bridgehead atoms. The highest BCUT2D eigenvalue weighted by Crippen LogP contribution is 2.22. The molecule has 16 heteroatoms. The molecular weight excluding hydrogens is 556 g/mol. The normalized spacial score (nSPS) is 21.3. The zero-order valence-corrected chi connectivity index (χ0v) is 24.1. The van der Waals surface area contributed by atoms with Gasteiger partial charge in [-0.1, -0.05) is 13.8 Å². The summed E-state index contributed by atoms with van der Waals surface area (Å²) in [5.41, 5.74) is 5.51. The van der Waals surface area contributed by atoms with Gasteiger partial charge >= 0.3 is 11.9 Å². The van der Waals surface area contributed by atoms with E-state index in [2.05, 4.69) is 16.0 Å². The molecule has 0 aromatic carbocycles. The zero-order valence-electron chi connectivity index (χ0n) is 24.1. The predicted molar refractivity (Wildman–Crippen MR) is 145 cm³/mol. The van der Waals surface area contributed by atoms with Crippen LogP contribution >= 0.6 is 0 Å². The van der Waals surface area contributed by atoms with Crippen molar-refractivity contribution in [3.05, 3.63) is 0 Å². The molecule has 0 aromatic rings. The maximum Gasteiger partial charge on any atom is 0.326 e. The van der Waals surface area contributed by atoms with Crippen LogP contribution in [0, 0.1) is 5.92 Å². The average molecular weight is 599 g/mol. The Bertz CT molecular complexity index is 1050. The highest BCUT2D eigenvalue weighted by atomic mass is 16.4. The van der Waals surface area contributed by atoms with Crippen LogP contribution in [0.5, 0.6) is 0 Å². The molecule has 0 unspecified atom stereocenters. The number of carboxylic acids is 2. The molecule has 0 radical (unpaired) electrons. The van der Waals surface area contributed by atoms with Crippen LogP contribution < -0.4 is 21.7 Å². The summed E-state index contributed by atoms with van der Waals surface area (Å²) in [4.78, 5) is 90.0. The number of nitrogens with zero attached hydrogens (tertiary/aromatic N) is 2. The molecule has 2 saturated heterocycles. The van der Waals surface area contributed by atoms with Crippen molar-refractivity contribution in [3.63, 3.8) is 0 Å². The number of carbonyl (C=O) groups is 7. The Morgan fingerprint density at radius 2 is 1.36 bits per heavy atom. The van der Waals surface area contributed by atoms with E-state index in [0.717, 1.165) is 0 Å². The van der Waals surface area contributed by atoms with Crippen LogP contribution in [-0.2, 0) is 33.6 Å². The number of carboxylic acid groups (broad SMARTS) is 2. The van der Waals surface area contributed by atoms with Gasteiger partial charge in [0.25, 0.3) is 0 Å². The average Bonchev–Trinajstić information content (AvgIpc) is 3.62. The summed E-state index contributed by atoms with van der Waals surface area (Å²) in [6.07, 6.45) is 0.826. The van der Waals surface area contributed by atoms with Gasteiger partial charge in [-0.15, -0.1) is 0 Å². The maximum absolute atomic E-state index is 13.3. The lowest BCUT2D eigenvalue weighted by atomic mass is 10.0. The van der Waals surface area contributed by atoms with E-state index in [1.54, 1.807) is 13.8 Å². The number of aliphatic hydroxyl groups is 1. The Morgan fingerprint density at radius 1 is 0.833 bits per heavy atom. The fourth-order valence-corrected chi connectivity index (χ4v) is 5.08. The molecule has 2 aliphatic rings. The molecule has 2 aliphatic heterocycles. The van der Waals surface area contributed by atoms with Gasteiger partial charge < -0.3 is 46.8 Å². The number of aliphatic hydroxyl groups excluding tert-OH is 1. The molecule has 5 amide bonds. The SMILES string of the molecule is CC(C)[C@H](NC(=O)[C@@H]1CCCN1C(=O)[C@H](C)NC(=O)[C@@H]1CCCN1C(=O)[C@H](CCC(=O)O)NC(=O)[C@@H](N)CO)C(=O)O. The van der Waals surface area contributed by atoms with Crippen LogP contribution in [-0.4, -0.2) is 123 Å². The number of likely N-dealkylation sites (tertiary alicyclic amines) is 2. The number of nitrogens with one attached hydrogen (secondary N) is 3. The summed E-state index contributed by atoms with van der Waals surface area (Å²) in [5, 5.41) is 35.0. The summed E-state index contributed by atoms with van der Waals surface area (Å²) >= 11 is 0. The quantitative estimate of drug-likeness (QED) is 0.109. The zero-order chi connectivity index (χ0) is 31.7. The lowest BCUT2D eigenvalue weighted by Crippen LogP contribution is -2.58. The standard InChI is InChI=1S/C26H42N6O10/c1-13(2)20(26(41)42)30-23(38)18-7-4-10-31(18)24(39)14(3)28-22(37)17-6-5-11-32(17)25(40)16(8-9-19(34)35)29-21(36)15(27)12-33/h13-18,20,33H,4-12,27H2,1-3H3,(H,28,37)(H,29,36)(H,30,38)(H,34,35)(H,41,42)/t14-,15-,16-,17-,18-,20-/m0/s1. The fraction of sp³-hybridized carbons (Fsp3) is 0.731. The second-order valence-corrected chi connectivity index (χ2v) is 11.0. The largest absolute Gasteiger partial charge is 0.481 e. The summed E-state index contributed by atoms with van der Waals surface area (Å²) in [5.74, 6) is -6.09. The smallest absolute Gasteiger partial charge is 0.326 e. The van der Waals surface area contributed by atoms with E-state index in [1.807, 2.05) is 0 Å². The molecular formula is C26H42N6O10. The number of hydrogen-bond donors (Lipinski definition) is 7. The van der Waals surface area contributed by atoms with Gasteiger partial charge in [-0.3, -0.25) is 28.8 Å². The van der Waals surface area contributed by atoms with Gasteiger partial charge in [-0.2, -0.15) is 0 Å². The van der Waals surface area contributed by atoms with Gasteiger partial charge in [0.05, 0.1) is 6.61 Å². The van der Waals surface area contributed by atoms with E-state index in [4.69, 9.17) is 15.9 Å². The van der Waals surface area contributed by atoms with Crippen molar-refractivity contribution in [3.8, 4) is 0 Å². The Labute approximate surface area is 243 Å². The Kier molecular flexibility index (Phi) is 12.7. The van der Waals surface area contributed by atoms with Crippen molar-refractivity contribution >= 4 is 41.5 Å². The molecule has 0 saturated carbocycles. The van der Waals surface area contributed by atoms with Gasteiger partial charge in [0.2, 0.25) is 29.5 Å². The van der Waals surface area contributed by atoms with Crippen LogP contribution in [0.3, 0.4) is 0 Å². The minimum absolute atomic E-state index is 0.152. The predicted octanol–water partition coefficient (Wildman–Crippen LogP) is -2.63. The first-order valence-electron chi connectivity index (χ1n) is 14.0. The third kappa shape index (κ3) is 8.85. The molecule has 0 spiro atoms. The van der Waals surface area contributed by atoms with Crippen LogP contribution in [0.25, 0.3) is 0 Å². The van der Waals surface area contributed by atoms with Gasteiger partial charge in [-0.05, 0) is 44.9 Å². The van der Waals surface area contributed by atoms with Gasteiger partial charge in [0, 0.05) is 19.5 Å². The van der Waals surface area contributed by atoms with Crippen LogP contribution in [0.15, 0.2) is 0 Å². The molecule has 2 rings (SSSR count). The highest BCUT2D eigenvalue weighted by Gasteiger charge is 2.41. The Balaban J connectivity index is 2.09. The molecule has 236 valence electrons. The van der Waals surface area contributed by atoms with Crippen molar-refractivity contribution in [2.75, 3.05) is 19.7 Å². The van der Waals surface area contributed by atoms with Crippen molar-refractivity contribution in [2.45, 2.75) is 95.5 Å². The first-order chi connectivity index (χ1) is 19.7. The monoisotopic (exact) mass is 598 g/mol. The maximum atomic E-state index is 13.3. The van der Waals surface area contributed by atoms with Gasteiger partial charge in [0.15, 0.2) is 0 Å². The number of hydrogen-bond acceptors (Lipinski definition) is 9. The highest BCUT2D eigenvalue weighted by molar-refractivity contribution is 5.96. The molecule has 2 heterocycles. The Hall–Kier alpha value is -3.79. The number of nitrogens with two attached hydrogens (primary N) is 1. The molecule has 8 N–H and O–H groups in total. The fourth-order valence-electron chi connectivity index (χ4n) is 5.08. The minimum atomic E-state index is -1.33. The summed E-state index contributed by atoms with van der Waals surface area (Å²) in [6, 6.07) is -6.72. The molecule has 42 heavy (non-hydrogen) atoms.